The number of carbonyl (C=O) groups is 1. The summed E-state index contributed by atoms with van der Waals surface area (Å²) < 4.78 is 0. The maximum absolute atomic E-state index is 11.8. The van der Waals surface area contributed by atoms with E-state index in [1.165, 1.54) is 32.1 Å². The average molecular weight is 223 g/mol. The molecule has 1 unspecified atom stereocenters. The lowest BCUT2D eigenvalue weighted by Gasteiger charge is -2.33. The van der Waals surface area contributed by atoms with Crippen LogP contribution < -0.4 is 0 Å². The Hall–Kier alpha value is -0.790. The maximum atomic E-state index is 11.8. The van der Waals surface area contributed by atoms with Gasteiger partial charge in [-0.25, -0.2) is 0 Å². The van der Waals surface area contributed by atoms with Crippen LogP contribution in [0.15, 0.2) is 12.2 Å². The fourth-order valence-electron chi connectivity index (χ4n) is 2.44. The van der Waals surface area contributed by atoms with E-state index in [2.05, 4.69) is 13.5 Å². The zero-order valence-corrected chi connectivity index (χ0v) is 10.8. The van der Waals surface area contributed by atoms with Crippen molar-refractivity contribution in [3.8, 4) is 0 Å². The minimum atomic E-state index is 0.153. The van der Waals surface area contributed by atoms with Gasteiger partial charge in [0, 0.05) is 18.7 Å². The number of carbonyl (C=O) groups excluding carboxylic acids is 1. The SMILES string of the molecule is C=C(C)C(=O)N1CCCC(CCCCC)C1. The molecule has 0 aromatic carbocycles. The molecule has 1 aliphatic rings. The lowest BCUT2D eigenvalue weighted by atomic mass is 9.92. The summed E-state index contributed by atoms with van der Waals surface area (Å²) in [5.41, 5.74) is 0.675. The third-order valence-corrected chi connectivity index (χ3v) is 3.39. The highest BCUT2D eigenvalue weighted by Gasteiger charge is 2.23. The lowest BCUT2D eigenvalue weighted by Crippen LogP contribution is -2.40. The smallest absolute Gasteiger partial charge is 0.248 e. The normalized spacial score (nSPS) is 20.9. The number of hydrogen-bond acceptors (Lipinski definition) is 1. The molecule has 0 saturated carbocycles. The summed E-state index contributed by atoms with van der Waals surface area (Å²) >= 11 is 0. The van der Waals surface area contributed by atoms with Crippen molar-refractivity contribution in [2.45, 2.75) is 52.4 Å². The Morgan fingerprint density at radius 1 is 1.44 bits per heavy atom. The van der Waals surface area contributed by atoms with E-state index < -0.39 is 0 Å². The average Bonchev–Trinajstić information content (AvgIpc) is 2.29. The first-order chi connectivity index (χ1) is 7.65. The van der Waals surface area contributed by atoms with Gasteiger partial charge >= 0.3 is 0 Å². The molecular formula is C14H25NO. The van der Waals surface area contributed by atoms with Gasteiger partial charge in [0.1, 0.15) is 0 Å². The predicted molar refractivity (Wildman–Crippen MR) is 68.3 cm³/mol. The van der Waals surface area contributed by atoms with Gasteiger partial charge in [0.05, 0.1) is 0 Å². The number of unbranched alkanes of at least 4 members (excludes halogenated alkanes) is 2. The van der Waals surface area contributed by atoms with Crippen molar-refractivity contribution in [1.29, 1.82) is 0 Å². The summed E-state index contributed by atoms with van der Waals surface area (Å²) in [4.78, 5) is 13.8. The number of piperidine rings is 1. The Bertz CT molecular complexity index is 247. The van der Waals surface area contributed by atoms with Crippen molar-refractivity contribution in [3.63, 3.8) is 0 Å². The second-order valence-corrected chi connectivity index (χ2v) is 5.04. The van der Waals surface area contributed by atoms with Crippen LogP contribution >= 0.6 is 0 Å². The zero-order chi connectivity index (χ0) is 12.0. The van der Waals surface area contributed by atoms with Crippen LogP contribution in [-0.4, -0.2) is 23.9 Å². The van der Waals surface area contributed by atoms with Crippen LogP contribution in [0.25, 0.3) is 0 Å². The van der Waals surface area contributed by atoms with Gasteiger partial charge in [0.25, 0.3) is 0 Å². The molecule has 1 amide bonds. The second-order valence-electron chi connectivity index (χ2n) is 5.04. The number of rotatable bonds is 5. The fraction of sp³-hybridized carbons (Fsp3) is 0.786. The van der Waals surface area contributed by atoms with Crippen LogP contribution in [0.4, 0.5) is 0 Å². The topological polar surface area (TPSA) is 20.3 Å². The minimum absolute atomic E-state index is 0.153. The van der Waals surface area contributed by atoms with Gasteiger partial charge in [-0.2, -0.15) is 0 Å². The predicted octanol–water partition coefficient (Wildman–Crippen LogP) is 3.38. The molecule has 1 fully saturated rings. The molecule has 0 aliphatic carbocycles. The van der Waals surface area contributed by atoms with Gasteiger partial charge in [-0.15, -0.1) is 0 Å². The Kier molecular flexibility index (Phi) is 5.58. The van der Waals surface area contributed by atoms with Crippen LogP contribution in [0, 0.1) is 5.92 Å². The Morgan fingerprint density at radius 2 is 2.19 bits per heavy atom. The van der Waals surface area contributed by atoms with E-state index in [-0.39, 0.29) is 5.91 Å². The first kappa shape index (κ1) is 13.3. The number of amides is 1. The molecule has 2 nitrogen and oxygen atoms in total. The van der Waals surface area contributed by atoms with E-state index in [4.69, 9.17) is 0 Å². The Morgan fingerprint density at radius 3 is 2.81 bits per heavy atom. The van der Waals surface area contributed by atoms with Gasteiger partial charge in [-0.3, -0.25) is 4.79 Å². The molecule has 2 heteroatoms. The van der Waals surface area contributed by atoms with E-state index in [9.17, 15) is 4.79 Å². The third-order valence-electron chi connectivity index (χ3n) is 3.39. The molecule has 16 heavy (non-hydrogen) atoms. The van der Waals surface area contributed by atoms with Gasteiger partial charge in [0.15, 0.2) is 0 Å². The summed E-state index contributed by atoms with van der Waals surface area (Å²) in [7, 11) is 0. The zero-order valence-electron chi connectivity index (χ0n) is 10.8. The fourth-order valence-corrected chi connectivity index (χ4v) is 2.44. The third kappa shape index (κ3) is 3.99. The highest BCUT2D eigenvalue weighted by atomic mass is 16.2. The summed E-state index contributed by atoms with van der Waals surface area (Å²) in [6.45, 7) is 9.66. The van der Waals surface area contributed by atoms with E-state index in [0.29, 0.717) is 5.57 Å². The van der Waals surface area contributed by atoms with Crippen molar-refractivity contribution in [3.05, 3.63) is 12.2 Å². The molecule has 0 radical (unpaired) electrons. The number of hydrogen-bond donors (Lipinski definition) is 0. The molecule has 0 N–H and O–H groups in total. The molecule has 0 aromatic heterocycles. The highest BCUT2D eigenvalue weighted by Crippen LogP contribution is 2.22. The lowest BCUT2D eigenvalue weighted by molar-refractivity contribution is -0.128. The van der Waals surface area contributed by atoms with Gasteiger partial charge in [-0.05, 0) is 32.1 Å². The summed E-state index contributed by atoms with van der Waals surface area (Å²) in [5, 5.41) is 0. The molecule has 1 rings (SSSR count). The largest absolute Gasteiger partial charge is 0.339 e. The van der Waals surface area contributed by atoms with Crippen LogP contribution in [0.1, 0.15) is 52.4 Å². The van der Waals surface area contributed by atoms with Crippen LogP contribution in [0.5, 0.6) is 0 Å². The van der Waals surface area contributed by atoms with Crippen molar-refractivity contribution in [1.82, 2.24) is 4.90 Å². The molecule has 1 heterocycles. The molecule has 0 aromatic rings. The monoisotopic (exact) mass is 223 g/mol. The standard InChI is InChI=1S/C14H25NO/c1-4-5-6-8-13-9-7-10-15(11-13)14(16)12(2)3/h13H,2,4-11H2,1,3H3. The first-order valence-corrected chi connectivity index (χ1v) is 6.60. The van der Waals surface area contributed by atoms with Crippen LogP contribution in [0.2, 0.25) is 0 Å². The van der Waals surface area contributed by atoms with Crippen molar-refractivity contribution < 1.29 is 4.79 Å². The number of likely N-dealkylation sites (tertiary alicyclic amines) is 1. The first-order valence-electron chi connectivity index (χ1n) is 6.60. The van der Waals surface area contributed by atoms with Crippen molar-refractivity contribution in [2.24, 2.45) is 5.92 Å². The van der Waals surface area contributed by atoms with E-state index in [1.807, 2.05) is 11.8 Å². The molecule has 92 valence electrons. The minimum Gasteiger partial charge on any atom is -0.339 e. The van der Waals surface area contributed by atoms with Gasteiger partial charge in [0.2, 0.25) is 5.91 Å². The van der Waals surface area contributed by atoms with Crippen LogP contribution in [-0.2, 0) is 4.79 Å². The highest BCUT2D eigenvalue weighted by molar-refractivity contribution is 5.92. The quantitative estimate of drug-likeness (QED) is 0.517. The second kappa shape index (κ2) is 6.72. The molecule has 1 atom stereocenters. The Labute approximate surface area is 99.7 Å². The molecule has 0 bridgehead atoms. The maximum Gasteiger partial charge on any atom is 0.248 e. The van der Waals surface area contributed by atoms with Gasteiger partial charge < -0.3 is 4.90 Å². The van der Waals surface area contributed by atoms with Crippen LogP contribution in [0.3, 0.4) is 0 Å². The van der Waals surface area contributed by atoms with Gasteiger partial charge in [-0.1, -0.05) is 32.8 Å². The van der Waals surface area contributed by atoms with E-state index in [0.717, 1.165) is 25.4 Å². The molecule has 1 aliphatic heterocycles. The molecule has 0 spiro atoms. The summed E-state index contributed by atoms with van der Waals surface area (Å²) in [6.07, 6.45) is 7.66. The van der Waals surface area contributed by atoms with Crippen molar-refractivity contribution in [2.75, 3.05) is 13.1 Å². The van der Waals surface area contributed by atoms with E-state index >= 15 is 0 Å². The summed E-state index contributed by atoms with van der Waals surface area (Å²) in [6, 6.07) is 0. The Balaban J connectivity index is 2.35. The summed E-state index contributed by atoms with van der Waals surface area (Å²) in [5.74, 6) is 0.879. The molecular weight excluding hydrogens is 198 g/mol. The number of nitrogens with zero attached hydrogens (tertiary/aromatic N) is 1. The van der Waals surface area contributed by atoms with Crippen molar-refractivity contribution >= 4 is 5.91 Å². The molecule has 1 saturated heterocycles. The van der Waals surface area contributed by atoms with E-state index in [1.54, 1.807) is 0 Å².